The van der Waals surface area contributed by atoms with Crippen molar-refractivity contribution in [1.29, 1.82) is 0 Å². The molecule has 0 saturated carbocycles. The average Bonchev–Trinajstić information content (AvgIpc) is 3.52. The van der Waals surface area contributed by atoms with Crippen LogP contribution in [0.4, 0.5) is 0 Å². The topological polar surface area (TPSA) is 96.2 Å². The van der Waals surface area contributed by atoms with E-state index in [0.717, 1.165) is 18.4 Å². The van der Waals surface area contributed by atoms with Crippen molar-refractivity contribution in [3.63, 3.8) is 0 Å². The molecule has 2 aromatic carbocycles. The molecule has 1 atom stereocenters. The van der Waals surface area contributed by atoms with Gasteiger partial charge >= 0.3 is 0 Å². The Morgan fingerprint density at radius 3 is 2.84 bits per heavy atom. The summed E-state index contributed by atoms with van der Waals surface area (Å²) >= 11 is 0. The Hall–Kier alpha value is -3.75. The maximum absolute atomic E-state index is 12.8. The lowest BCUT2D eigenvalue weighted by Gasteiger charge is -2.31. The molecule has 2 aliphatic rings. The van der Waals surface area contributed by atoms with E-state index in [0.29, 0.717) is 47.9 Å². The predicted molar refractivity (Wildman–Crippen MR) is 113 cm³/mol. The minimum Gasteiger partial charge on any atom is -0.493 e. The smallest absolute Gasteiger partial charge is 0.260 e. The molecule has 166 valence electrons. The van der Waals surface area contributed by atoms with Crippen molar-refractivity contribution < 1.29 is 28.2 Å². The highest BCUT2D eigenvalue weighted by Gasteiger charge is 2.29. The summed E-state index contributed by atoms with van der Waals surface area (Å²) in [4.78, 5) is 14.5. The molecule has 9 heteroatoms. The SMILES string of the molecule is COc1ccccc1OCC(=O)N1CCCC(c2nnc(-c3ccc4c(c3)OCO4)o2)C1. The molecule has 3 heterocycles. The number of ether oxygens (including phenoxy) is 4. The van der Waals surface area contributed by atoms with Gasteiger partial charge in [0.15, 0.2) is 29.6 Å². The second kappa shape index (κ2) is 8.78. The van der Waals surface area contributed by atoms with Gasteiger partial charge in [0, 0.05) is 18.7 Å². The number of likely N-dealkylation sites (tertiary alicyclic amines) is 1. The number of hydrogen-bond acceptors (Lipinski definition) is 8. The lowest BCUT2D eigenvalue weighted by Crippen LogP contribution is -2.41. The largest absolute Gasteiger partial charge is 0.493 e. The first-order chi connectivity index (χ1) is 15.7. The summed E-state index contributed by atoms with van der Waals surface area (Å²) in [6, 6.07) is 12.8. The minimum absolute atomic E-state index is 0.0192. The molecule has 0 aliphatic carbocycles. The van der Waals surface area contributed by atoms with Gasteiger partial charge in [0.25, 0.3) is 5.91 Å². The molecule has 3 aromatic rings. The first kappa shape index (κ1) is 20.2. The summed E-state index contributed by atoms with van der Waals surface area (Å²) in [7, 11) is 1.57. The standard InChI is InChI=1S/C23H23N3O6/c1-28-17-6-2-3-7-18(17)29-13-21(27)26-10-4-5-16(12-26)23-25-24-22(32-23)15-8-9-19-20(11-15)31-14-30-19/h2-3,6-9,11,16H,4-5,10,12-14H2,1H3. The molecule has 9 nitrogen and oxygen atoms in total. The molecule has 0 bridgehead atoms. The number of carbonyl (C=O) groups excluding carboxylic acids is 1. The fraction of sp³-hybridized carbons (Fsp3) is 0.348. The molecule has 5 rings (SSSR count). The summed E-state index contributed by atoms with van der Waals surface area (Å²) in [6.07, 6.45) is 1.73. The number of rotatable bonds is 6. The van der Waals surface area contributed by atoms with E-state index in [4.69, 9.17) is 23.4 Å². The maximum atomic E-state index is 12.8. The lowest BCUT2D eigenvalue weighted by molar-refractivity contribution is -0.134. The van der Waals surface area contributed by atoms with Gasteiger partial charge in [0.1, 0.15) is 0 Å². The van der Waals surface area contributed by atoms with Crippen LogP contribution in [0.15, 0.2) is 46.9 Å². The quantitative estimate of drug-likeness (QED) is 0.580. The summed E-state index contributed by atoms with van der Waals surface area (Å²) in [5.74, 6) is 3.34. The molecular formula is C23H23N3O6. The Morgan fingerprint density at radius 2 is 1.97 bits per heavy atom. The Bertz CT molecular complexity index is 1110. The fourth-order valence-electron chi connectivity index (χ4n) is 3.92. The lowest BCUT2D eigenvalue weighted by atomic mass is 9.98. The van der Waals surface area contributed by atoms with Crippen LogP contribution in [0.2, 0.25) is 0 Å². The molecule has 1 aromatic heterocycles. The number of carbonyl (C=O) groups is 1. The third-order valence-corrected chi connectivity index (χ3v) is 5.60. The van der Waals surface area contributed by atoms with Crippen molar-refractivity contribution in [2.24, 2.45) is 0 Å². The molecule has 1 amide bonds. The fourth-order valence-corrected chi connectivity index (χ4v) is 3.92. The van der Waals surface area contributed by atoms with E-state index >= 15 is 0 Å². The number of nitrogens with zero attached hydrogens (tertiary/aromatic N) is 3. The molecule has 0 spiro atoms. The average molecular weight is 437 g/mol. The Balaban J connectivity index is 1.23. The van der Waals surface area contributed by atoms with Gasteiger partial charge in [0.05, 0.1) is 13.0 Å². The van der Waals surface area contributed by atoms with Gasteiger partial charge in [-0.15, -0.1) is 10.2 Å². The van der Waals surface area contributed by atoms with Gasteiger partial charge in [-0.1, -0.05) is 12.1 Å². The van der Waals surface area contributed by atoms with E-state index in [2.05, 4.69) is 10.2 Å². The molecule has 0 radical (unpaired) electrons. The number of amides is 1. The summed E-state index contributed by atoms with van der Waals surface area (Å²) in [5.41, 5.74) is 0.766. The van der Waals surface area contributed by atoms with Crippen LogP contribution in [0.5, 0.6) is 23.0 Å². The van der Waals surface area contributed by atoms with Gasteiger partial charge in [0.2, 0.25) is 18.6 Å². The summed E-state index contributed by atoms with van der Waals surface area (Å²) < 4.78 is 27.7. The normalized spacial score (nSPS) is 17.3. The Morgan fingerprint density at radius 1 is 1.12 bits per heavy atom. The molecule has 2 aliphatic heterocycles. The number of para-hydroxylation sites is 2. The van der Waals surface area contributed by atoms with Crippen molar-refractivity contribution in [3.8, 4) is 34.5 Å². The first-order valence-corrected chi connectivity index (χ1v) is 10.5. The predicted octanol–water partition coefficient (Wildman–Crippen LogP) is 3.26. The monoisotopic (exact) mass is 437 g/mol. The van der Waals surface area contributed by atoms with Crippen LogP contribution in [-0.4, -0.2) is 54.6 Å². The maximum Gasteiger partial charge on any atom is 0.260 e. The zero-order valence-corrected chi connectivity index (χ0v) is 17.7. The molecule has 0 N–H and O–H groups in total. The highest BCUT2D eigenvalue weighted by Crippen LogP contribution is 2.36. The molecule has 1 unspecified atom stereocenters. The van der Waals surface area contributed by atoms with Crippen LogP contribution in [0, 0.1) is 0 Å². The second-order valence-electron chi connectivity index (χ2n) is 7.63. The van der Waals surface area contributed by atoms with Crippen molar-refractivity contribution in [2.75, 3.05) is 33.6 Å². The van der Waals surface area contributed by atoms with Crippen LogP contribution in [0.3, 0.4) is 0 Å². The Labute approximate surface area is 184 Å². The van der Waals surface area contributed by atoms with Gasteiger partial charge in [-0.05, 0) is 43.2 Å². The van der Waals surface area contributed by atoms with Crippen LogP contribution >= 0.6 is 0 Å². The Kier molecular flexibility index (Phi) is 5.53. The number of methoxy groups -OCH3 is 1. The molecule has 32 heavy (non-hydrogen) atoms. The molecule has 1 saturated heterocycles. The number of aromatic nitrogens is 2. The number of piperidine rings is 1. The van der Waals surface area contributed by atoms with E-state index < -0.39 is 0 Å². The third-order valence-electron chi connectivity index (χ3n) is 5.60. The number of hydrogen-bond donors (Lipinski definition) is 0. The zero-order valence-electron chi connectivity index (χ0n) is 17.7. The van der Waals surface area contributed by atoms with E-state index in [9.17, 15) is 4.79 Å². The van der Waals surface area contributed by atoms with Crippen molar-refractivity contribution in [1.82, 2.24) is 15.1 Å². The first-order valence-electron chi connectivity index (χ1n) is 10.5. The van der Waals surface area contributed by atoms with Crippen LogP contribution < -0.4 is 18.9 Å². The van der Waals surface area contributed by atoms with Crippen molar-refractivity contribution >= 4 is 5.91 Å². The van der Waals surface area contributed by atoms with E-state index in [1.165, 1.54) is 0 Å². The van der Waals surface area contributed by atoms with Crippen molar-refractivity contribution in [3.05, 3.63) is 48.4 Å². The van der Waals surface area contributed by atoms with E-state index in [1.807, 2.05) is 30.3 Å². The summed E-state index contributed by atoms with van der Waals surface area (Å²) in [5, 5.41) is 8.44. The highest BCUT2D eigenvalue weighted by atomic mass is 16.7. The molecule has 1 fully saturated rings. The van der Waals surface area contributed by atoms with Crippen LogP contribution in [0.1, 0.15) is 24.7 Å². The highest BCUT2D eigenvalue weighted by molar-refractivity contribution is 5.78. The van der Waals surface area contributed by atoms with Gasteiger partial charge in [-0.3, -0.25) is 4.79 Å². The van der Waals surface area contributed by atoms with Crippen LogP contribution in [0.25, 0.3) is 11.5 Å². The number of benzene rings is 2. The van der Waals surface area contributed by atoms with Crippen LogP contribution in [-0.2, 0) is 4.79 Å². The van der Waals surface area contributed by atoms with Crippen molar-refractivity contribution in [2.45, 2.75) is 18.8 Å². The van der Waals surface area contributed by atoms with Gasteiger partial charge in [-0.25, -0.2) is 0 Å². The van der Waals surface area contributed by atoms with E-state index in [1.54, 1.807) is 24.1 Å². The minimum atomic E-state index is -0.0869. The summed E-state index contributed by atoms with van der Waals surface area (Å²) in [6.45, 7) is 1.34. The third kappa shape index (κ3) is 4.05. The van der Waals surface area contributed by atoms with E-state index in [-0.39, 0.29) is 25.2 Å². The second-order valence-corrected chi connectivity index (χ2v) is 7.63. The molecular weight excluding hydrogens is 414 g/mol. The number of fused-ring (bicyclic) bond motifs is 1. The van der Waals surface area contributed by atoms with Gasteiger partial charge in [-0.2, -0.15) is 0 Å². The van der Waals surface area contributed by atoms with Gasteiger partial charge < -0.3 is 28.3 Å². The zero-order chi connectivity index (χ0) is 21.9.